The summed E-state index contributed by atoms with van der Waals surface area (Å²) < 4.78 is 30.0. The highest BCUT2D eigenvalue weighted by molar-refractivity contribution is 7.89. The number of rotatable bonds is 4. The normalized spacial score (nSPS) is 19.2. The van der Waals surface area contributed by atoms with Gasteiger partial charge in [0.25, 0.3) is 0 Å². The van der Waals surface area contributed by atoms with Crippen LogP contribution in [0.4, 0.5) is 0 Å². The summed E-state index contributed by atoms with van der Waals surface area (Å²) in [5.41, 5.74) is 4.22. The van der Waals surface area contributed by atoms with Crippen molar-refractivity contribution in [1.82, 2.24) is 19.0 Å². The number of sulfonamides is 1. The maximum atomic E-state index is 12.9. The number of aryl methyl sites for hydroxylation is 2. The molecule has 0 atom stereocenters. The van der Waals surface area contributed by atoms with Crippen LogP contribution in [-0.4, -0.2) is 53.6 Å². The first-order chi connectivity index (χ1) is 12.0. The van der Waals surface area contributed by atoms with E-state index in [9.17, 15) is 8.42 Å². The van der Waals surface area contributed by atoms with Gasteiger partial charge in [-0.3, -0.25) is 4.90 Å². The van der Waals surface area contributed by atoms with E-state index in [1.807, 2.05) is 12.1 Å². The molecule has 9 heteroatoms. The van der Waals surface area contributed by atoms with Crippen LogP contribution in [0.2, 0.25) is 0 Å². The summed E-state index contributed by atoms with van der Waals surface area (Å²) in [6.07, 6.45) is 3.17. The zero-order valence-corrected chi connectivity index (χ0v) is 16.2. The van der Waals surface area contributed by atoms with Crippen molar-refractivity contribution >= 4 is 33.6 Å². The highest BCUT2D eigenvalue weighted by atomic mass is 32.2. The molecule has 0 amide bonds. The monoisotopic (exact) mass is 396 g/mol. The van der Waals surface area contributed by atoms with E-state index >= 15 is 0 Å². The number of hydrogen-bond acceptors (Lipinski definition) is 6. The Labute approximate surface area is 156 Å². The molecule has 1 aromatic carbocycles. The first kappa shape index (κ1) is 17.3. The van der Waals surface area contributed by atoms with E-state index in [0.717, 1.165) is 23.2 Å². The summed E-state index contributed by atoms with van der Waals surface area (Å²) in [7, 11) is -3.41. The van der Waals surface area contributed by atoms with Crippen molar-refractivity contribution in [3.63, 3.8) is 0 Å². The lowest BCUT2D eigenvalue weighted by atomic mass is 10.1. The summed E-state index contributed by atoms with van der Waals surface area (Å²) in [6.45, 7) is 2.98. The standard InChI is InChI=1S/C16H20N4O2S3/c21-25(22,15-5-4-13-2-1-3-14(13)10-15)19-8-6-18(7-9-19)12-20-16(23)24-11-17-20/h4-5,10-11H,1-3,6-9,12H2. The molecule has 0 bridgehead atoms. The summed E-state index contributed by atoms with van der Waals surface area (Å²) in [6, 6.07) is 5.62. The van der Waals surface area contributed by atoms with Crippen molar-refractivity contribution in [2.24, 2.45) is 0 Å². The predicted molar refractivity (Wildman–Crippen MR) is 99.7 cm³/mol. The fraction of sp³-hybridized carbons (Fsp3) is 0.500. The lowest BCUT2D eigenvalue weighted by Gasteiger charge is -2.33. The number of fused-ring (bicyclic) bond motifs is 1. The van der Waals surface area contributed by atoms with Gasteiger partial charge in [0.05, 0.1) is 11.6 Å². The minimum Gasteiger partial charge on any atom is -0.282 e. The van der Waals surface area contributed by atoms with Crippen molar-refractivity contribution in [1.29, 1.82) is 0 Å². The van der Waals surface area contributed by atoms with Crippen LogP contribution in [0, 0.1) is 3.95 Å². The molecule has 4 rings (SSSR count). The van der Waals surface area contributed by atoms with Crippen LogP contribution in [0.3, 0.4) is 0 Å². The number of aromatic nitrogens is 2. The predicted octanol–water partition coefficient (Wildman–Crippen LogP) is 2.13. The Bertz CT molecular complexity index is 927. The van der Waals surface area contributed by atoms with Crippen LogP contribution in [0.1, 0.15) is 17.5 Å². The van der Waals surface area contributed by atoms with Crippen molar-refractivity contribution in [3.8, 4) is 0 Å². The smallest absolute Gasteiger partial charge is 0.243 e. The molecule has 1 aliphatic heterocycles. The van der Waals surface area contributed by atoms with E-state index in [1.165, 1.54) is 22.5 Å². The highest BCUT2D eigenvalue weighted by Gasteiger charge is 2.29. The lowest BCUT2D eigenvalue weighted by Crippen LogP contribution is -2.48. The average molecular weight is 397 g/mol. The van der Waals surface area contributed by atoms with E-state index in [1.54, 1.807) is 20.6 Å². The number of hydrogen-bond donors (Lipinski definition) is 0. The van der Waals surface area contributed by atoms with Crippen LogP contribution in [0.15, 0.2) is 28.6 Å². The van der Waals surface area contributed by atoms with Gasteiger partial charge in [-0.25, -0.2) is 13.1 Å². The van der Waals surface area contributed by atoms with Crippen molar-refractivity contribution < 1.29 is 8.42 Å². The summed E-state index contributed by atoms with van der Waals surface area (Å²) in [5.74, 6) is 0. The van der Waals surface area contributed by atoms with E-state index in [0.29, 0.717) is 37.7 Å². The van der Waals surface area contributed by atoms with Gasteiger partial charge in [0.2, 0.25) is 10.0 Å². The van der Waals surface area contributed by atoms with Crippen LogP contribution in [0.5, 0.6) is 0 Å². The molecular weight excluding hydrogens is 376 g/mol. The largest absolute Gasteiger partial charge is 0.282 e. The summed E-state index contributed by atoms with van der Waals surface area (Å²) in [4.78, 5) is 2.62. The van der Waals surface area contributed by atoms with Crippen LogP contribution < -0.4 is 0 Å². The Kier molecular flexibility index (Phi) is 4.76. The third kappa shape index (κ3) is 3.43. The minimum absolute atomic E-state index is 0.434. The second kappa shape index (κ2) is 6.88. The summed E-state index contributed by atoms with van der Waals surface area (Å²) >= 11 is 6.66. The molecule has 2 heterocycles. The van der Waals surface area contributed by atoms with E-state index in [4.69, 9.17) is 12.2 Å². The quantitative estimate of drug-likeness (QED) is 0.741. The van der Waals surface area contributed by atoms with Crippen LogP contribution in [-0.2, 0) is 29.5 Å². The van der Waals surface area contributed by atoms with Gasteiger partial charge in [-0.2, -0.15) is 9.40 Å². The SMILES string of the molecule is O=S(=O)(c1ccc2c(c1)CCC2)N1CCN(Cn2ncsc2=S)CC1. The molecule has 6 nitrogen and oxygen atoms in total. The third-order valence-corrected chi connectivity index (χ3v) is 7.93. The van der Waals surface area contributed by atoms with Crippen molar-refractivity contribution in [2.45, 2.75) is 30.8 Å². The van der Waals surface area contributed by atoms with Gasteiger partial charge in [-0.05, 0) is 54.7 Å². The Morgan fingerprint density at radius 1 is 1.12 bits per heavy atom. The van der Waals surface area contributed by atoms with Crippen LogP contribution >= 0.6 is 23.6 Å². The molecule has 0 N–H and O–H groups in total. The van der Waals surface area contributed by atoms with E-state index < -0.39 is 10.0 Å². The van der Waals surface area contributed by atoms with E-state index in [2.05, 4.69) is 10.00 Å². The molecule has 1 aromatic heterocycles. The third-order valence-electron chi connectivity index (χ3n) is 4.92. The lowest BCUT2D eigenvalue weighted by molar-refractivity contribution is 0.145. The topological polar surface area (TPSA) is 58.4 Å². The molecule has 0 radical (unpaired) electrons. The minimum atomic E-state index is -3.41. The van der Waals surface area contributed by atoms with Gasteiger partial charge < -0.3 is 0 Å². The fourth-order valence-electron chi connectivity index (χ4n) is 3.49. The van der Waals surface area contributed by atoms with Crippen molar-refractivity contribution in [2.75, 3.05) is 26.2 Å². The van der Waals surface area contributed by atoms with Gasteiger partial charge >= 0.3 is 0 Å². The molecule has 2 aromatic rings. The Morgan fingerprint density at radius 3 is 2.60 bits per heavy atom. The molecule has 1 fully saturated rings. The van der Waals surface area contributed by atoms with Crippen LogP contribution in [0.25, 0.3) is 0 Å². The zero-order valence-electron chi connectivity index (χ0n) is 13.8. The molecule has 1 aliphatic carbocycles. The molecule has 25 heavy (non-hydrogen) atoms. The number of benzene rings is 1. The zero-order chi connectivity index (χ0) is 17.4. The van der Waals surface area contributed by atoms with Gasteiger partial charge in [0.1, 0.15) is 5.51 Å². The van der Waals surface area contributed by atoms with Gasteiger partial charge in [0.15, 0.2) is 3.95 Å². The second-order valence-electron chi connectivity index (χ2n) is 6.45. The average Bonchev–Trinajstić information content (AvgIpc) is 3.24. The molecule has 134 valence electrons. The molecule has 0 unspecified atom stereocenters. The maximum absolute atomic E-state index is 12.9. The molecule has 0 saturated carbocycles. The van der Waals surface area contributed by atoms with Crippen molar-refractivity contribution in [3.05, 3.63) is 38.8 Å². The Balaban J connectivity index is 1.44. The highest BCUT2D eigenvalue weighted by Crippen LogP contribution is 2.26. The van der Waals surface area contributed by atoms with Gasteiger partial charge in [0, 0.05) is 26.2 Å². The number of nitrogens with zero attached hydrogens (tertiary/aromatic N) is 4. The first-order valence-electron chi connectivity index (χ1n) is 8.39. The number of piperazine rings is 1. The maximum Gasteiger partial charge on any atom is 0.243 e. The summed E-state index contributed by atoms with van der Waals surface area (Å²) in [5, 5.41) is 4.22. The van der Waals surface area contributed by atoms with Gasteiger partial charge in [-0.15, -0.1) is 0 Å². The molecule has 2 aliphatic rings. The van der Waals surface area contributed by atoms with E-state index in [-0.39, 0.29) is 0 Å². The Hall–Kier alpha value is -1.13. The second-order valence-corrected chi connectivity index (χ2v) is 9.87. The molecule has 0 spiro atoms. The molecule has 1 saturated heterocycles. The Morgan fingerprint density at radius 2 is 1.88 bits per heavy atom. The molecular formula is C16H20N4O2S3. The first-order valence-corrected chi connectivity index (χ1v) is 11.1. The fourth-order valence-corrected chi connectivity index (χ4v) is 5.67. The van der Waals surface area contributed by atoms with Gasteiger partial charge in [-0.1, -0.05) is 17.4 Å².